The van der Waals surface area contributed by atoms with E-state index in [1.807, 2.05) is 0 Å². The number of rotatable bonds is 5. The number of hydrogen-bond donors (Lipinski definition) is 3. The Balaban J connectivity index is 2.65. The third kappa shape index (κ3) is 3.31. The number of aliphatic carboxylic acids is 2. The minimum atomic E-state index is -1.45. The van der Waals surface area contributed by atoms with Crippen molar-refractivity contribution >= 4 is 29.2 Å². The lowest BCUT2D eigenvalue weighted by molar-refractivity contribution is -0.145. The molecule has 1 amide bonds. The van der Waals surface area contributed by atoms with Gasteiger partial charge in [0.1, 0.15) is 11.7 Å². The van der Waals surface area contributed by atoms with Gasteiger partial charge in [-0.15, -0.1) is 11.3 Å². The molecule has 86 valence electrons. The first-order valence-electron chi connectivity index (χ1n) is 4.14. The fraction of sp³-hybridized carbons (Fsp3) is 0.250. The molecule has 0 bridgehead atoms. The zero-order valence-corrected chi connectivity index (χ0v) is 8.73. The molecule has 0 aliphatic carbocycles. The number of amides is 1. The van der Waals surface area contributed by atoms with Gasteiger partial charge in [0.15, 0.2) is 0 Å². The largest absolute Gasteiger partial charge is 0.481 e. The molecule has 16 heavy (non-hydrogen) atoms. The van der Waals surface area contributed by atoms with Gasteiger partial charge >= 0.3 is 11.9 Å². The van der Waals surface area contributed by atoms with Crippen molar-refractivity contribution in [2.75, 3.05) is 0 Å². The van der Waals surface area contributed by atoms with Gasteiger partial charge in [-0.1, -0.05) is 0 Å². The summed E-state index contributed by atoms with van der Waals surface area (Å²) in [5, 5.41) is 20.6. The molecule has 1 heterocycles. The van der Waals surface area contributed by atoms with E-state index in [1.54, 1.807) is 0 Å². The fourth-order valence-corrected chi connectivity index (χ4v) is 1.46. The SMILES string of the molecule is O=C(O)C[C@H](NC(=O)c1cscn1)C(=O)O. The van der Waals surface area contributed by atoms with Crippen LogP contribution < -0.4 is 5.32 Å². The average Bonchev–Trinajstić information content (AvgIpc) is 2.68. The lowest BCUT2D eigenvalue weighted by atomic mass is 10.2. The molecule has 1 aromatic rings. The van der Waals surface area contributed by atoms with Gasteiger partial charge in [0.05, 0.1) is 11.9 Å². The Labute approximate surface area is 93.7 Å². The Kier molecular flexibility index (Phi) is 3.95. The zero-order valence-electron chi connectivity index (χ0n) is 7.91. The Morgan fingerprint density at radius 1 is 1.44 bits per heavy atom. The number of carboxylic acid groups (broad SMARTS) is 2. The van der Waals surface area contributed by atoms with E-state index in [9.17, 15) is 14.4 Å². The summed E-state index contributed by atoms with van der Waals surface area (Å²) in [5.74, 6) is -3.40. The van der Waals surface area contributed by atoms with Crippen LogP contribution in [-0.2, 0) is 9.59 Å². The number of nitrogens with zero attached hydrogens (tertiary/aromatic N) is 1. The summed E-state index contributed by atoms with van der Waals surface area (Å²) in [4.78, 5) is 36.1. The van der Waals surface area contributed by atoms with Crippen LogP contribution in [0, 0.1) is 0 Å². The summed E-state index contributed by atoms with van der Waals surface area (Å²) in [7, 11) is 0. The Morgan fingerprint density at radius 3 is 2.56 bits per heavy atom. The number of carboxylic acids is 2. The molecule has 0 aliphatic rings. The predicted octanol–water partition coefficient (Wildman–Crippen LogP) is -0.199. The van der Waals surface area contributed by atoms with Crippen LogP contribution in [0.2, 0.25) is 0 Å². The highest BCUT2D eigenvalue weighted by molar-refractivity contribution is 7.07. The van der Waals surface area contributed by atoms with E-state index in [0.29, 0.717) is 0 Å². The molecule has 0 saturated heterocycles. The van der Waals surface area contributed by atoms with E-state index >= 15 is 0 Å². The van der Waals surface area contributed by atoms with Crippen LogP contribution in [0.25, 0.3) is 0 Å². The summed E-state index contributed by atoms with van der Waals surface area (Å²) in [6.45, 7) is 0. The first kappa shape index (κ1) is 12.1. The van der Waals surface area contributed by atoms with Crippen molar-refractivity contribution in [2.45, 2.75) is 12.5 Å². The monoisotopic (exact) mass is 244 g/mol. The number of hydrogen-bond acceptors (Lipinski definition) is 5. The topological polar surface area (TPSA) is 117 Å². The standard InChI is InChI=1S/C8H8N2O5S/c11-6(12)1-4(8(14)15)10-7(13)5-2-16-3-9-5/h2-4H,1H2,(H,10,13)(H,11,12)(H,14,15)/t4-/m0/s1. The second kappa shape index (κ2) is 5.21. The second-order valence-electron chi connectivity index (χ2n) is 2.84. The highest BCUT2D eigenvalue weighted by atomic mass is 32.1. The lowest BCUT2D eigenvalue weighted by Gasteiger charge is -2.10. The van der Waals surface area contributed by atoms with Crippen LogP contribution in [0.5, 0.6) is 0 Å². The van der Waals surface area contributed by atoms with Crippen molar-refractivity contribution in [1.82, 2.24) is 10.3 Å². The molecule has 1 rings (SSSR count). The van der Waals surface area contributed by atoms with E-state index in [0.717, 1.165) is 0 Å². The van der Waals surface area contributed by atoms with Gasteiger partial charge < -0.3 is 15.5 Å². The normalized spacial score (nSPS) is 11.8. The summed E-state index contributed by atoms with van der Waals surface area (Å²) in [6, 6.07) is -1.45. The quantitative estimate of drug-likeness (QED) is 0.660. The van der Waals surface area contributed by atoms with Crippen molar-refractivity contribution in [3.8, 4) is 0 Å². The average molecular weight is 244 g/mol. The first-order chi connectivity index (χ1) is 7.50. The number of thiazole rings is 1. The maximum atomic E-state index is 11.4. The minimum absolute atomic E-state index is 0.0710. The van der Waals surface area contributed by atoms with Gasteiger partial charge in [0.25, 0.3) is 5.91 Å². The van der Waals surface area contributed by atoms with Crippen molar-refractivity contribution < 1.29 is 24.6 Å². The number of carbonyl (C=O) groups excluding carboxylic acids is 1. The second-order valence-corrected chi connectivity index (χ2v) is 3.55. The van der Waals surface area contributed by atoms with Crippen LogP contribution in [0.15, 0.2) is 10.9 Å². The van der Waals surface area contributed by atoms with Crippen LogP contribution in [-0.4, -0.2) is 39.1 Å². The summed E-state index contributed by atoms with van der Waals surface area (Å²) in [5.41, 5.74) is 1.49. The third-order valence-electron chi connectivity index (χ3n) is 1.65. The van der Waals surface area contributed by atoms with E-state index in [-0.39, 0.29) is 5.69 Å². The van der Waals surface area contributed by atoms with E-state index in [2.05, 4.69) is 10.3 Å². The van der Waals surface area contributed by atoms with E-state index < -0.39 is 30.3 Å². The number of nitrogens with one attached hydrogen (secondary N) is 1. The van der Waals surface area contributed by atoms with Crippen LogP contribution in [0.3, 0.4) is 0 Å². The highest BCUT2D eigenvalue weighted by Crippen LogP contribution is 2.02. The third-order valence-corrected chi connectivity index (χ3v) is 2.23. The van der Waals surface area contributed by atoms with Gasteiger partial charge in [0.2, 0.25) is 0 Å². The van der Waals surface area contributed by atoms with Gasteiger partial charge in [-0.05, 0) is 0 Å². The van der Waals surface area contributed by atoms with Crippen LogP contribution in [0.1, 0.15) is 16.9 Å². The first-order valence-corrected chi connectivity index (χ1v) is 5.08. The van der Waals surface area contributed by atoms with Crippen molar-refractivity contribution in [3.63, 3.8) is 0 Å². The van der Waals surface area contributed by atoms with Crippen LogP contribution in [0.4, 0.5) is 0 Å². The summed E-state index contributed by atoms with van der Waals surface area (Å²) < 4.78 is 0. The summed E-state index contributed by atoms with van der Waals surface area (Å²) >= 11 is 1.18. The van der Waals surface area contributed by atoms with E-state index in [1.165, 1.54) is 22.2 Å². The van der Waals surface area contributed by atoms with E-state index in [4.69, 9.17) is 10.2 Å². The molecule has 0 saturated carbocycles. The smallest absolute Gasteiger partial charge is 0.326 e. The van der Waals surface area contributed by atoms with Crippen molar-refractivity contribution in [2.24, 2.45) is 0 Å². The Morgan fingerprint density at radius 2 is 2.12 bits per heavy atom. The molecule has 0 aromatic carbocycles. The molecule has 3 N–H and O–H groups in total. The molecular formula is C8H8N2O5S. The molecule has 8 heteroatoms. The van der Waals surface area contributed by atoms with Gasteiger partial charge in [0, 0.05) is 5.38 Å². The molecule has 0 fully saturated rings. The van der Waals surface area contributed by atoms with Crippen molar-refractivity contribution in [1.29, 1.82) is 0 Å². The zero-order chi connectivity index (χ0) is 12.1. The maximum absolute atomic E-state index is 11.4. The number of aromatic nitrogens is 1. The fourth-order valence-electron chi connectivity index (χ4n) is 0.932. The maximum Gasteiger partial charge on any atom is 0.326 e. The predicted molar refractivity (Wildman–Crippen MR) is 53.3 cm³/mol. The van der Waals surface area contributed by atoms with Gasteiger partial charge in [-0.2, -0.15) is 0 Å². The highest BCUT2D eigenvalue weighted by Gasteiger charge is 2.23. The molecule has 1 aromatic heterocycles. The summed E-state index contributed by atoms with van der Waals surface area (Å²) in [6.07, 6.45) is -0.675. The lowest BCUT2D eigenvalue weighted by Crippen LogP contribution is -2.42. The molecule has 1 atom stereocenters. The molecule has 0 spiro atoms. The van der Waals surface area contributed by atoms with Crippen molar-refractivity contribution in [3.05, 3.63) is 16.6 Å². The Bertz CT molecular complexity index is 403. The van der Waals surface area contributed by atoms with Crippen LogP contribution >= 0.6 is 11.3 Å². The Hall–Kier alpha value is -1.96. The number of carbonyl (C=O) groups is 3. The minimum Gasteiger partial charge on any atom is -0.481 e. The molecule has 0 aliphatic heterocycles. The molecular weight excluding hydrogens is 236 g/mol. The molecule has 0 unspecified atom stereocenters. The van der Waals surface area contributed by atoms with Gasteiger partial charge in [-0.25, -0.2) is 9.78 Å². The molecule has 0 radical (unpaired) electrons. The van der Waals surface area contributed by atoms with Gasteiger partial charge in [-0.3, -0.25) is 9.59 Å². The molecule has 7 nitrogen and oxygen atoms in total.